The van der Waals surface area contributed by atoms with Crippen LogP contribution < -0.4 is 0 Å². The van der Waals surface area contributed by atoms with Crippen molar-refractivity contribution in [3.05, 3.63) is 122 Å². The molecule has 0 aromatic heterocycles. The summed E-state index contributed by atoms with van der Waals surface area (Å²) in [7, 11) is 0. The van der Waals surface area contributed by atoms with E-state index in [2.05, 4.69) is 136 Å². The van der Waals surface area contributed by atoms with Crippen LogP contribution in [-0.2, 0) is 28.6 Å². The van der Waals surface area contributed by atoms with Crippen LogP contribution in [0.25, 0.3) is 0 Å². The van der Waals surface area contributed by atoms with Crippen molar-refractivity contribution in [3.8, 4) is 0 Å². The molecule has 0 heterocycles. The Labute approximate surface area is 507 Å². The predicted molar refractivity (Wildman–Crippen MR) is 357 cm³/mol. The van der Waals surface area contributed by atoms with Gasteiger partial charge in [-0.15, -0.1) is 0 Å². The quantitative estimate of drug-likeness (QED) is 0.0261. The standard InChI is InChI=1S/C76H128O6/c1-4-7-10-13-16-19-22-25-28-31-33-34-35-36-37-38-39-40-41-42-44-45-48-51-54-57-60-63-66-69-75(78)81-72-73(71-80-74(77)68-65-62-59-56-53-50-47-30-27-24-21-18-15-12-9-6-3)82-76(79)70-67-64-61-58-55-52-49-46-43-32-29-26-23-20-17-14-11-8-5-2/h7-8,10-11,16-17,19-20,25-26,28-29,33-34,43,46,52,55,61,64,73H,4-6,9,12-15,18,21-24,27,30-32,35-42,44-45,47-51,53-54,56-60,62-63,65-72H2,1-3H3/b10-7-,11-8-,19-16-,20-17-,28-25-,29-26-,34-33-,46-43-,55-52-,64-61-. The summed E-state index contributed by atoms with van der Waals surface area (Å²) >= 11 is 0. The number of rotatable bonds is 62. The molecule has 0 radical (unpaired) electrons. The number of hydrogen-bond acceptors (Lipinski definition) is 6. The first-order chi connectivity index (χ1) is 40.5. The second kappa shape index (κ2) is 69.3. The van der Waals surface area contributed by atoms with Crippen LogP contribution in [0.2, 0.25) is 0 Å². The van der Waals surface area contributed by atoms with Crippen molar-refractivity contribution in [1.82, 2.24) is 0 Å². The Kier molecular flexibility index (Phi) is 65.8. The summed E-state index contributed by atoms with van der Waals surface area (Å²) in [6.07, 6.45) is 96.6. The average molecular weight is 1140 g/mol. The molecule has 0 aromatic rings. The minimum Gasteiger partial charge on any atom is -0.462 e. The molecule has 0 fully saturated rings. The molecule has 0 bridgehead atoms. The summed E-state index contributed by atoms with van der Waals surface area (Å²) in [6.45, 7) is 6.39. The highest BCUT2D eigenvalue weighted by Crippen LogP contribution is 2.17. The summed E-state index contributed by atoms with van der Waals surface area (Å²) in [6, 6.07) is 0. The first-order valence-electron chi connectivity index (χ1n) is 34.5. The number of unbranched alkanes of at least 4 members (excludes halogenated alkanes) is 31. The zero-order chi connectivity index (χ0) is 59.2. The van der Waals surface area contributed by atoms with Gasteiger partial charge in [-0.1, -0.05) is 328 Å². The zero-order valence-electron chi connectivity index (χ0n) is 53.7. The monoisotopic (exact) mass is 1140 g/mol. The van der Waals surface area contributed by atoms with E-state index in [4.69, 9.17) is 14.2 Å². The van der Waals surface area contributed by atoms with E-state index < -0.39 is 6.10 Å². The number of carbonyl (C=O) groups excluding carboxylic acids is 3. The van der Waals surface area contributed by atoms with Crippen LogP contribution in [0.1, 0.15) is 323 Å². The minimum atomic E-state index is -0.820. The second-order valence-electron chi connectivity index (χ2n) is 22.7. The summed E-state index contributed by atoms with van der Waals surface area (Å²) in [4.78, 5) is 38.4. The van der Waals surface area contributed by atoms with Gasteiger partial charge in [0.2, 0.25) is 0 Å². The second-order valence-corrected chi connectivity index (χ2v) is 22.7. The van der Waals surface area contributed by atoms with Gasteiger partial charge in [0.15, 0.2) is 6.10 Å². The van der Waals surface area contributed by atoms with Gasteiger partial charge in [0, 0.05) is 19.3 Å². The molecular formula is C76H128O6. The van der Waals surface area contributed by atoms with E-state index >= 15 is 0 Å². The fraction of sp³-hybridized carbons (Fsp3) is 0.697. The Morgan fingerprint density at radius 3 is 0.793 bits per heavy atom. The lowest BCUT2D eigenvalue weighted by Crippen LogP contribution is -2.30. The number of carbonyl (C=O) groups is 3. The highest BCUT2D eigenvalue weighted by Gasteiger charge is 2.19. The van der Waals surface area contributed by atoms with Gasteiger partial charge in [-0.3, -0.25) is 14.4 Å². The highest BCUT2D eigenvalue weighted by atomic mass is 16.6. The molecule has 0 aliphatic carbocycles. The van der Waals surface area contributed by atoms with Crippen molar-refractivity contribution in [2.24, 2.45) is 0 Å². The van der Waals surface area contributed by atoms with Crippen LogP contribution in [0.5, 0.6) is 0 Å². The van der Waals surface area contributed by atoms with E-state index in [0.29, 0.717) is 19.3 Å². The minimum absolute atomic E-state index is 0.106. The van der Waals surface area contributed by atoms with Crippen LogP contribution in [0, 0.1) is 0 Å². The van der Waals surface area contributed by atoms with Crippen LogP contribution in [0.15, 0.2) is 122 Å². The normalized spacial score (nSPS) is 12.9. The van der Waals surface area contributed by atoms with E-state index in [-0.39, 0.29) is 37.5 Å². The van der Waals surface area contributed by atoms with Gasteiger partial charge in [0.25, 0.3) is 0 Å². The first kappa shape index (κ1) is 77.8. The number of hydrogen-bond donors (Lipinski definition) is 0. The van der Waals surface area contributed by atoms with Gasteiger partial charge in [-0.2, -0.15) is 0 Å². The van der Waals surface area contributed by atoms with Gasteiger partial charge in [-0.25, -0.2) is 0 Å². The summed E-state index contributed by atoms with van der Waals surface area (Å²) in [5.74, 6) is -0.978. The van der Waals surface area contributed by atoms with Crippen LogP contribution in [0.3, 0.4) is 0 Å². The third kappa shape index (κ3) is 66.6. The van der Waals surface area contributed by atoms with Crippen LogP contribution in [0.4, 0.5) is 0 Å². The van der Waals surface area contributed by atoms with Gasteiger partial charge in [-0.05, 0) is 96.3 Å². The van der Waals surface area contributed by atoms with Gasteiger partial charge in [0.1, 0.15) is 13.2 Å². The Bertz CT molecular complexity index is 1690. The molecule has 0 spiro atoms. The van der Waals surface area contributed by atoms with E-state index in [0.717, 1.165) is 103 Å². The molecular weight excluding hydrogens is 1010 g/mol. The Balaban J connectivity index is 4.36. The van der Waals surface area contributed by atoms with E-state index in [9.17, 15) is 14.4 Å². The Morgan fingerprint density at radius 1 is 0.256 bits per heavy atom. The van der Waals surface area contributed by atoms with Gasteiger partial charge < -0.3 is 14.2 Å². The molecule has 1 atom stereocenters. The molecule has 0 rings (SSSR count). The van der Waals surface area contributed by atoms with Crippen molar-refractivity contribution in [1.29, 1.82) is 0 Å². The molecule has 0 aliphatic heterocycles. The maximum atomic E-state index is 12.9. The molecule has 6 heteroatoms. The molecule has 0 saturated carbocycles. The molecule has 468 valence electrons. The molecule has 0 aliphatic rings. The fourth-order valence-electron chi connectivity index (χ4n) is 9.64. The molecule has 0 amide bonds. The Morgan fingerprint density at radius 2 is 0.500 bits per heavy atom. The molecule has 0 aromatic carbocycles. The van der Waals surface area contributed by atoms with Crippen molar-refractivity contribution in [3.63, 3.8) is 0 Å². The molecule has 82 heavy (non-hydrogen) atoms. The zero-order valence-corrected chi connectivity index (χ0v) is 53.7. The number of ether oxygens (including phenoxy) is 3. The van der Waals surface area contributed by atoms with Gasteiger partial charge >= 0.3 is 17.9 Å². The number of allylic oxidation sites excluding steroid dienone is 20. The lowest BCUT2D eigenvalue weighted by atomic mass is 10.0. The maximum absolute atomic E-state index is 12.9. The SMILES string of the molecule is CC/C=C\C/C=C\C/C=C\C/C=C\C/C=C\C/C=C\CCC(=O)OC(COC(=O)CCCCCCCCCCCCCCCCCC)COC(=O)CCCCCCCCCCCCCCCCCC/C=C\C/C=C\C/C=C\C/C=C\CC. The molecule has 0 N–H and O–H groups in total. The van der Waals surface area contributed by atoms with Crippen molar-refractivity contribution >= 4 is 17.9 Å². The van der Waals surface area contributed by atoms with Crippen molar-refractivity contribution < 1.29 is 28.6 Å². The maximum Gasteiger partial charge on any atom is 0.306 e. The smallest absolute Gasteiger partial charge is 0.306 e. The Hall–Kier alpha value is -4.19. The lowest BCUT2D eigenvalue weighted by Gasteiger charge is -2.18. The molecule has 6 nitrogen and oxygen atoms in total. The lowest BCUT2D eigenvalue weighted by molar-refractivity contribution is -0.166. The van der Waals surface area contributed by atoms with E-state index in [1.54, 1.807) is 0 Å². The topological polar surface area (TPSA) is 78.9 Å². The number of esters is 3. The van der Waals surface area contributed by atoms with Crippen molar-refractivity contribution in [2.45, 2.75) is 329 Å². The largest absolute Gasteiger partial charge is 0.462 e. The fourth-order valence-corrected chi connectivity index (χ4v) is 9.64. The van der Waals surface area contributed by atoms with Crippen LogP contribution in [-0.4, -0.2) is 37.2 Å². The summed E-state index contributed by atoms with van der Waals surface area (Å²) < 4.78 is 16.9. The predicted octanol–water partition coefficient (Wildman–Crippen LogP) is 23.9. The average Bonchev–Trinajstić information content (AvgIpc) is 3.47. The highest BCUT2D eigenvalue weighted by molar-refractivity contribution is 5.71. The molecule has 1 unspecified atom stereocenters. The third-order valence-electron chi connectivity index (χ3n) is 14.7. The third-order valence-corrected chi connectivity index (χ3v) is 14.7. The van der Waals surface area contributed by atoms with Crippen molar-refractivity contribution in [2.75, 3.05) is 13.2 Å². The van der Waals surface area contributed by atoms with E-state index in [1.807, 2.05) is 6.08 Å². The molecule has 0 saturated heterocycles. The first-order valence-corrected chi connectivity index (χ1v) is 34.5. The summed E-state index contributed by atoms with van der Waals surface area (Å²) in [5.41, 5.74) is 0. The van der Waals surface area contributed by atoms with Crippen LogP contribution >= 0.6 is 0 Å². The van der Waals surface area contributed by atoms with E-state index in [1.165, 1.54) is 173 Å². The summed E-state index contributed by atoms with van der Waals surface area (Å²) in [5, 5.41) is 0. The van der Waals surface area contributed by atoms with Gasteiger partial charge in [0.05, 0.1) is 0 Å².